The number of ether oxygens (including phenoxy) is 1. The van der Waals surface area contributed by atoms with Crippen molar-refractivity contribution in [2.45, 2.75) is 44.1 Å². The fourth-order valence-electron chi connectivity index (χ4n) is 3.96. The highest BCUT2D eigenvalue weighted by atomic mass is 35.5. The second-order valence-corrected chi connectivity index (χ2v) is 9.62. The number of thioether (sulfide) groups is 1. The van der Waals surface area contributed by atoms with Crippen LogP contribution in [0, 0.1) is 6.92 Å². The quantitative estimate of drug-likeness (QED) is 0.215. The van der Waals surface area contributed by atoms with Gasteiger partial charge in [0.25, 0.3) is 0 Å². The number of aromatic nitrogens is 3. The van der Waals surface area contributed by atoms with E-state index in [2.05, 4.69) is 36.2 Å². The van der Waals surface area contributed by atoms with Gasteiger partial charge in [0.05, 0.1) is 17.9 Å². The van der Waals surface area contributed by atoms with Crippen LogP contribution < -0.4 is 4.74 Å². The summed E-state index contributed by atoms with van der Waals surface area (Å²) in [5.41, 5.74) is 6.79. The molecule has 172 valence electrons. The molecule has 0 saturated heterocycles. The Bertz CT molecular complexity index is 1340. The highest BCUT2D eigenvalue weighted by molar-refractivity contribution is 7.98. The van der Waals surface area contributed by atoms with Crippen molar-refractivity contribution < 1.29 is 9.84 Å². The average molecular weight is 490 g/mol. The minimum atomic E-state index is -0.0930. The lowest BCUT2D eigenvalue weighted by molar-refractivity contribution is 0.278. The summed E-state index contributed by atoms with van der Waals surface area (Å²) < 4.78 is 6.31. The maximum atomic E-state index is 9.87. The van der Waals surface area contributed by atoms with Gasteiger partial charge in [0.2, 0.25) is 5.88 Å². The Morgan fingerprint density at radius 3 is 2.44 bits per heavy atom. The van der Waals surface area contributed by atoms with Crippen LogP contribution >= 0.6 is 23.4 Å². The van der Waals surface area contributed by atoms with E-state index in [9.17, 15) is 5.11 Å². The van der Waals surface area contributed by atoms with Crippen LogP contribution in [0.5, 0.6) is 11.6 Å². The van der Waals surface area contributed by atoms with Crippen LogP contribution in [0.1, 0.15) is 40.4 Å². The molecule has 0 aliphatic carbocycles. The highest BCUT2D eigenvalue weighted by Gasteiger charge is 2.27. The molecule has 1 aliphatic rings. The van der Waals surface area contributed by atoms with Crippen LogP contribution in [0.15, 0.2) is 59.8 Å². The number of hydrogen-bond acceptors (Lipinski definition) is 6. The highest BCUT2D eigenvalue weighted by Crippen LogP contribution is 2.43. The summed E-state index contributed by atoms with van der Waals surface area (Å²) >= 11 is 7.70. The van der Waals surface area contributed by atoms with Crippen molar-refractivity contribution in [1.29, 1.82) is 0 Å². The van der Waals surface area contributed by atoms with E-state index in [0.29, 0.717) is 23.9 Å². The number of benzene rings is 2. The van der Waals surface area contributed by atoms with Crippen molar-refractivity contribution in [3.63, 3.8) is 0 Å². The molecule has 1 aliphatic heterocycles. The van der Waals surface area contributed by atoms with Crippen molar-refractivity contribution >= 4 is 23.4 Å². The molecule has 2 aromatic heterocycles. The number of pyridine rings is 1. The van der Waals surface area contributed by atoms with Crippen molar-refractivity contribution in [3.8, 4) is 23.0 Å². The molecule has 7 heteroatoms. The summed E-state index contributed by atoms with van der Waals surface area (Å²) in [7, 11) is 0. The monoisotopic (exact) mass is 489 g/mol. The molecule has 0 radical (unpaired) electrons. The molecule has 5 nitrogen and oxygen atoms in total. The zero-order chi connectivity index (χ0) is 23.7. The summed E-state index contributed by atoms with van der Waals surface area (Å²) in [5.74, 6) is 2.60. The standard InChI is InChI=1S/C27H24ClN3O2S/c1-3-17-4-8-19(9-5-17)25-30-26-23(12-22-20(14-32)13-29-16(2)24(22)33-26)27(31-25)34-15-18-6-10-21(28)11-7-18/h4-11,13,32H,3,12,14-15H2,1-2H3. The van der Waals surface area contributed by atoms with E-state index in [1.807, 2.05) is 31.2 Å². The SMILES string of the molecule is CCc1ccc(-c2nc3c(c(SCc4ccc(Cl)cc4)n2)Cc2c(CO)cnc(C)c2O3)cc1. The summed E-state index contributed by atoms with van der Waals surface area (Å²) in [5, 5.41) is 11.5. The number of rotatable bonds is 6. The molecule has 3 heterocycles. The molecule has 0 spiro atoms. The van der Waals surface area contributed by atoms with Crippen molar-refractivity contribution in [3.05, 3.63) is 93.3 Å². The molecule has 0 unspecified atom stereocenters. The molecule has 0 bridgehead atoms. The maximum absolute atomic E-state index is 9.87. The Kier molecular flexibility index (Phi) is 6.55. The number of hydrogen-bond donors (Lipinski definition) is 1. The molecule has 0 atom stereocenters. The zero-order valence-corrected chi connectivity index (χ0v) is 20.6. The normalized spacial score (nSPS) is 12.1. The van der Waals surface area contributed by atoms with Gasteiger partial charge in [-0.05, 0) is 36.6 Å². The summed E-state index contributed by atoms with van der Waals surface area (Å²) in [4.78, 5) is 14.2. The van der Waals surface area contributed by atoms with Gasteiger partial charge in [-0.1, -0.05) is 54.9 Å². The van der Waals surface area contributed by atoms with Gasteiger partial charge in [-0.3, -0.25) is 4.98 Å². The molecule has 2 aromatic carbocycles. The molecule has 4 aromatic rings. The van der Waals surface area contributed by atoms with Gasteiger partial charge in [0.1, 0.15) is 5.03 Å². The van der Waals surface area contributed by atoms with E-state index < -0.39 is 0 Å². The van der Waals surface area contributed by atoms with E-state index in [0.717, 1.165) is 55.7 Å². The Balaban J connectivity index is 1.57. The molecule has 1 N–H and O–H groups in total. The van der Waals surface area contributed by atoms with Gasteiger partial charge in [-0.2, -0.15) is 4.98 Å². The first kappa shape index (κ1) is 22.8. The van der Waals surface area contributed by atoms with Crippen molar-refractivity contribution in [1.82, 2.24) is 15.0 Å². The van der Waals surface area contributed by atoms with E-state index in [1.165, 1.54) is 5.56 Å². The third-order valence-electron chi connectivity index (χ3n) is 5.97. The second kappa shape index (κ2) is 9.74. The number of aryl methyl sites for hydroxylation is 2. The Hall–Kier alpha value is -2.93. The molecule has 34 heavy (non-hydrogen) atoms. The smallest absolute Gasteiger partial charge is 0.227 e. The van der Waals surface area contributed by atoms with Crippen LogP contribution in [0.4, 0.5) is 0 Å². The van der Waals surface area contributed by atoms with Gasteiger partial charge in [-0.25, -0.2) is 4.98 Å². The molecule has 0 amide bonds. The van der Waals surface area contributed by atoms with E-state index in [4.69, 9.17) is 26.3 Å². The predicted octanol–water partition coefficient (Wildman–Crippen LogP) is 6.54. The van der Waals surface area contributed by atoms with Gasteiger partial charge in [0, 0.05) is 40.1 Å². The molecular weight excluding hydrogens is 466 g/mol. The summed E-state index contributed by atoms with van der Waals surface area (Å²) in [6.07, 6.45) is 3.28. The van der Waals surface area contributed by atoms with Crippen molar-refractivity contribution in [2.75, 3.05) is 0 Å². The topological polar surface area (TPSA) is 68.1 Å². The number of aliphatic hydroxyl groups is 1. The minimum absolute atomic E-state index is 0.0930. The number of halogens is 1. The maximum Gasteiger partial charge on any atom is 0.227 e. The summed E-state index contributed by atoms with van der Waals surface area (Å²) in [6, 6.07) is 16.2. The van der Waals surface area contributed by atoms with Crippen LogP contribution in [-0.4, -0.2) is 20.1 Å². The lowest BCUT2D eigenvalue weighted by Crippen LogP contribution is -2.13. The molecule has 5 rings (SSSR count). The average Bonchev–Trinajstić information content (AvgIpc) is 2.87. The zero-order valence-electron chi connectivity index (χ0n) is 19.0. The predicted molar refractivity (Wildman–Crippen MR) is 136 cm³/mol. The van der Waals surface area contributed by atoms with Crippen LogP contribution in [-0.2, 0) is 25.2 Å². The van der Waals surface area contributed by atoms with Crippen LogP contribution in [0.2, 0.25) is 5.02 Å². The van der Waals surface area contributed by atoms with Crippen LogP contribution in [0.3, 0.4) is 0 Å². The van der Waals surface area contributed by atoms with Gasteiger partial charge in [0.15, 0.2) is 11.6 Å². The van der Waals surface area contributed by atoms with Crippen molar-refractivity contribution in [2.24, 2.45) is 0 Å². The largest absolute Gasteiger partial charge is 0.436 e. The van der Waals surface area contributed by atoms with Crippen LogP contribution in [0.25, 0.3) is 11.4 Å². The third kappa shape index (κ3) is 4.53. The lowest BCUT2D eigenvalue weighted by Gasteiger charge is -2.24. The van der Waals surface area contributed by atoms with E-state index in [-0.39, 0.29) is 6.61 Å². The Labute approximate surface area is 208 Å². The number of aliphatic hydroxyl groups excluding tert-OH is 1. The Morgan fingerprint density at radius 2 is 1.74 bits per heavy atom. The molecule has 0 fully saturated rings. The fourth-order valence-corrected chi connectivity index (χ4v) is 5.07. The van der Waals surface area contributed by atoms with Gasteiger partial charge < -0.3 is 9.84 Å². The van der Waals surface area contributed by atoms with E-state index in [1.54, 1.807) is 18.0 Å². The first-order valence-electron chi connectivity index (χ1n) is 11.2. The summed E-state index contributed by atoms with van der Waals surface area (Å²) in [6.45, 7) is 3.95. The van der Waals surface area contributed by atoms with Gasteiger partial charge in [-0.15, -0.1) is 11.8 Å². The van der Waals surface area contributed by atoms with Gasteiger partial charge >= 0.3 is 0 Å². The first-order valence-corrected chi connectivity index (χ1v) is 12.6. The van der Waals surface area contributed by atoms with E-state index >= 15 is 0 Å². The molecule has 0 saturated carbocycles. The number of nitrogens with zero attached hydrogens (tertiary/aromatic N) is 3. The Morgan fingerprint density at radius 1 is 1.00 bits per heavy atom. The first-order chi connectivity index (χ1) is 16.6. The second-order valence-electron chi connectivity index (χ2n) is 8.22. The number of fused-ring (bicyclic) bond motifs is 2. The fraction of sp³-hybridized carbons (Fsp3) is 0.222. The molecular formula is C27H24ClN3O2S. The lowest BCUT2D eigenvalue weighted by atomic mass is 9.99. The third-order valence-corrected chi connectivity index (χ3v) is 7.31. The minimum Gasteiger partial charge on any atom is -0.436 e.